The molecule has 0 heterocycles. The summed E-state index contributed by atoms with van der Waals surface area (Å²) in [6.45, 7) is 5.65. The van der Waals surface area contributed by atoms with Crippen molar-refractivity contribution in [3.05, 3.63) is 64.7 Å². The maximum absolute atomic E-state index is 6.15. The van der Waals surface area contributed by atoms with E-state index in [0.717, 1.165) is 22.9 Å². The molecule has 0 bridgehead atoms. The van der Waals surface area contributed by atoms with Gasteiger partial charge in [0, 0.05) is 22.2 Å². The van der Waals surface area contributed by atoms with Crippen LogP contribution in [0.1, 0.15) is 31.0 Å². The lowest BCUT2D eigenvalue weighted by Crippen LogP contribution is -2.18. The van der Waals surface area contributed by atoms with E-state index in [1.165, 1.54) is 5.56 Å². The highest BCUT2D eigenvalue weighted by molar-refractivity contribution is 6.31. The molecule has 1 unspecified atom stereocenters. The van der Waals surface area contributed by atoms with Gasteiger partial charge in [0.1, 0.15) is 12.4 Å². The summed E-state index contributed by atoms with van der Waals surface area (Å²) in [7, 11) is 0. The Bertz CT molecular complexity index is 556. The first-order valence-electron chi connectivity index (χ1n) is 6.91. The number of ether oxygens (including phenoxy) is 1. The van der Waals surface area contributed by atoms with Crippen LogP contribution in [-0.2, 0) is 6.61 Å². The minimum Gasteiger partial charge on any atom is -0.489 e. The van der Waals surface area contributed by atoms with Gasteiger partial charge in [-0.05, 0) is 25.6 Å². The Hall–Kier alpha value is -1.51. The number of nitrogens with one attached hydrogen (secondary N) is 1. The molecule has 0 radical (unpaired) electrons. The summed E-state index contributed by atoms with van der Waals surface area (Å²) in [4.78, 5) is 0. The van der Waals surface area contributed by atoms with Gasteiger partial charge in [-0.25, -0.2) is 0 Å². The van der Waals surface area contributed by atoms with Gasteiger partial charge in [0.05, 0.1) is 0 Å². The van der Waals surface area contributed by atoms with E-state index in [2.05, 4.69) is 25.2 Å². The number of hydrogen-bond acceptors (Lipinski definition) is 2. The first kappa shape index (κ1) is 14.9. The van der Waals surface area contributed by atoms with Crippen molar-refractivity contribution in [1.82, 2.24) is 5.32 Å². The van der Waals surface area contributed by atoms with E-state index in [0.29, 0.717) is 6.61 Å². The fourth-order valence-electron chi connectivity index (χ4n) is 2.16. The molecule has 20 heavy (non-hydrogen) atoms. The van der Waals surface area contributed by atoms with Crippen molar-refractivity contribution in [2.45, 2.75) is 26.5 Å². The Balaban J connectivity index is 2.12. The molecule has 2 rings (SSSR count). The lowest BCUT2D eigenvalue weighted by molar-refractivity contribution is 0.300. The largest absolute Gasteiger partial charge is 0.489 e. The first-order chi connectivity index (χ1) is 9.72. The summed E-state index contributed by atoms with van der Waals surface area (Å²) >= 11 is 6.15. The van der Waals surface area contributed by atoms with Crippen molar-refractivity contribution in [3.63, 3.8) is 0 Å². The predicted molar refractivity (Wildman–Crippen MR) is 84.3 cm³/mol. The van der Waals surface area contributed by atoms with Gasteiger partial charge >= 0.3 is 0 Å². The maximum atomic E-state index is 6.15. The number of para-hydroxylation sites is 1. The molecule has 106 valence electrons. The molecule has 0 aliphatic carbocycles. The Morgan fingerprint density at radius 3 is 2.55 bits per heavy atom. The van der Waals surface area contributed by atoms with E-state index in [1.54, 1.807) is 0 Å². The summed E-state index contributed by atoms with van der Waals surface area (Å²) in [6, 6.07) is 16.1. The number of rotatable bonds is 6. The van der Waals surface area contributed by atoms with E-state index in [9.17, 15) is 0 Å². The molecule has 2 nitrogen and oxygen atoms in total. The van der Waals surface area contributed by atoms with Gasteiger partial charge in [0.2, 0.25) is 0 Å². The summed E-state index contributed by atoms with van der Waals surface area (Å²) in [5.74, 6) is 0.904. The molecule has 0 spiro atoms. The molecule has 0 saturated heterocycles. The van der Waals surface area contributed by atoms with Crippen LogP contribution >= 0.6 is 11.6 Å². The van der Waals surface area contributed by atoms with E-state index >= 15 is 0 Å². The minimum absolute atomic E-state index is 0.266. The molecule has 0 aliphatic heterocycles. The molecule has 0 saturated carbocycles. The van der Waals surface area contributed by atoms with Crippen LogP contribution in [0.3, 0.4) is 0 Å². The molecule has 0 aromatic heterocycles. The summed E-state index contributed by atoms with van der Waals surface area (Å²) < 4.78 is 5.95. The zero-order chi connectivity index (χ0) is 14.4. The van der Waals surface area contributed by atoms with Crippen LogP contribution in [0.2, 0.25) is 5.02 Å². The fourth-order valence-corrected chi connectivity index (χ4v) is 2.35. The molecular weight excluding hydrogens is 270 g/mol. The van der Waals surface area contributed by atoms with E-state index in [4.69, 9.17) is 16.3 Å². The normalized spacial score (nSPS) is 12.2. The van der Waals surface area contributed by atoms with Crippen molar-refractivity contribution >= 4 is 11.6 Å². The highest BCUT2D eigenvalue weighted by Crippen LogP contribution is 2.26. The van der Waals surface area contributed by atoms with Crippen molar-refractivity contribution in [2.75, 3.05) is 6.54 Å². The molecule has 1 atom stereocenters. The Kier molecular flexibility index (Phi) is 5.45. The first-order valence-corrected chi connectivity index (χ1v) is 7.28. The Morgan fingerprint density at radius 1 is 1.10 bits per heavy atom. The van der Waals surface area contributed by atoms with Gasteiger partial charge in [-0.3, -0.25) is 0 Å². The topological polar surface area (TPSA) is 21.3 Å². The van der Waals surface area contributed by atoms with E-state index in [-0.39, 0.29) is 6.04 Å². The highest BCUT2D eigenvalue weighted by atomic mass is 35.5. The molecule has 2 aromatic carbocycles. The average molecular weight is 290 g/mol. The number of hydrogen-bond donors (Lipinski definition) is 1. The predicted octanol–water partition coefficient (Wildman–Crippen LogP) is 4.59. The van der Waals surface area contributed by atoms with Crippen LogP contribution in [0.5, 0.6) is 5.75 Å². The van der Waals surface area contributed by atoms with Gasteiger partial charge in [-0.2, -0.15) is 0 Å². The second-order valence-corrected chi connectivity index (χ2v) is 5.10. The van der Waals surface area contributed by atoms with Crippen LogP contribution in [0, 0.1) is 0 Å². The maximum Gasteiger partial charge on any atom is 0.124 e. The molecular formula is C17H20ClNO. The SMILES string of the molecule is CCNC(C)c1ccccc1OCc1ccccc1Cl. The van der Waals surface area contributed by atoms with Crippen LogP contribution in [0.4, 0.5) is 0 Å². The van der Waals surface area contributed by atoms with Gasteiger partial charge < -0.3 is 10.1 Å². The lowest BCUT2D eigenvalue weighted by Gasteiger charge is -2.17. The Labute approximate surface area is 125 Å². The highest BCUT2D eigenvalue weighted by Gasteiger charge is 2.10. The second-order valence-electron chi connectivity index (χ2n) is 4.70. The molecule has 0 aliphatic rings. The quantitative estimate of drug-likeness (QED) is 0.840. The van der Waals surface area contributed by atoms with Gasteiger partial charge in [-0.15, -0.1) is 0 Å². The van der Waals surface area contributed by atoms with Crippen LogP contribution in [0.25, 0.3) is 0 Å². The van der Waals surface area contributed by atoms with E-state index in [1.807, 2.05) is 42.5 Å². The third-order valence-corrected chi connectivity index (χ3v) is 3.61. The second kappa shape index (κ2) is 7.32. The molecule has 0 fully saturated rings. The lowest BCUT2D eigenvalue weighted by atomic mass is 10.1. The van der Waals surface area contributed by atoms with Crippen LogP contribution < -0.4 is 10.1 Å². The number of halogens is 1. The average Bonchev–Trinajstić information content (AvgIpc) is 2.47. The molecule has 1 N–H and O–H groups in total. The number of benzene rings is 2. The van der Waals surface area contributed by atoms with Crippen molar-refractivity contribution in [3.8, 4) is 5.75 Å². The third kappa shape index (κ3) is 3.75. The monoisotopic (exact) mass is 289 g/mol. The van der Waals surface area contributed by atoms with Crippen molar-refractivity contribution in [2.24, 2.45) is 0 Å². The van der Waals surface area contributed by atoms with Crippen LogP contribution in [0.15, 0.2) is 48.5 Å². The molecule has 2 aromatic rings. The van der Waals surface area contributed by atoms with Gasteiger partial charge in [-0.1, -0.05) is 54.9 Å². The third-order valence-electron chi connectivity index (χ3n) is 3.24. The van der Waals surface area contributed by atoms with Gasteiger partial charge in [0.25, 0.3) is 0 Å². The molecule has 3 heteroatoms. The minimum atomic E-state index is 0.266. The zero-order valence-corrected chi connectivity index (χ0v) is 12.7. The smallest absolute Gasteiger partial charge is 0.124 e. The summed E-state index contributed by atoms with van der Waals surface area (Å²) in [6.07, 6.45) is 0. The van der Waals surface area contributed by atoms with Gasteiger partial charge in [0.15, 0.2) is 0 Å². The fraction of sp³-hybridized carbons (Fsp3) is 0.294. The zero-order valence-electron chi connectivity index (χ0n) is 11.9. The van der Waals surface area contributed by atoms with E-state index < -0.39 is 0 Å². The van der Waals surface area contributed by atoms with Crippen LogP contribution in [-0.4, -0.2) is 6.54 Å². The van der Waals surface area contributed by atoms with Crippen molar-refractivity contribution < 1.29 is 4.74 Å². The van der Waals surface area contributed by atoms with Crippen molar-refractivity contribution in [1.29, 1.82) is 0 Å². The molecule has 0 amide bonds. The Morgan fingerprint density at radius 2 is 1.80 bits per heavy atom. The summed E-state index contributed by atoms with van der Waals surface area (Å²) in [5, 5.41) is 4.15. The summed E-state index contributed by atoms with van der Waals surface area (Å²) in [5.41, 5.74) is 2.17. The standard InChI is InChI=1S/C17H20ClNO/c1-3-19-13(2)15-9-5-7-11-17(15)20-12-14-8-4-6-10-16(14)18/h4-11,13,19H,3,12H2,1-2H3.